The Morgan fingerprint density at radius 3 is 2.40 bits per heavy atom. The van der Waals surface area contributed by atoms with Gasteiger partial charge in [0.1, 0.15) is 6.54 Å². The Kier molecular flexibility index (Phi) is 5.06. The van der Waals surface area contributed by atoms with Crippen molar-refractivity contribution in [2.45, 2.75) is 25.3 Å². The van der Waals surface area contributed by atoms with Crippen LogP contribution >= 0.6 is 10.7 Å². The van der Waals surface area contributed by atoms with E-state index in [1.165, 1.54) is 4.90 Å². The summed E-state index contributed by atoms with van der Waals surface area (Å²) in [6.45, 7) is 4.21. The molecule has 1 aromatic heterocycles. The molecular formula is C9H13ClN4O5S. The lowest BCUT2D eigenvalue weighted by Crippen LogP contribution is -2.33. The highest BCUT2D eigenvalue weighted by molar-refractivity contribution is 8.13. The van der Waals surface area contributed by atoms with E-state index < -0.39 is 24.7 Å². The molecule has 0 saturated carbocycles. The summed E-state index contributed by atoms with van der Waals surface area (Å²) in [5.41, 5.74) is 0. The zero-order chi connectivity index (χ0) is 15.5. The maximum Gasteiger partial charge on any atom is 0.410 e. The second-order valence-corrected chi connectivity index (χ2v) is 6.31. The van der Waals surface area contributed by atoms with Crippen LogP contribution in [0.2, 0.25) is 0 Å². The average Bonchev–Trinajstić information content (AvgIpc) is 2.74. The summed E-state index contributed by atoms with van der Waals surface area (Å²) in [5, 5.41) is 14.2. The largest absolute Gasteiger partial charge is 0.410 e. The van der Waals surface area contributed by atoms with Gasteiger partial charge >= 0.3 is 5.82 Å². The molecule has 1 amide bonds. The van der Waals surface area contributed by atoms with Crippen LogP contribution in [0.3, 0.4) is 0 Å². The van der Waals surface area contributed by atoms with E-state index in [9.17, 15) is 23.3 Å². The predicted octanol–water partition coefficient (Wildman–Crippen LogP) is 0.587. The minimum atomic E-state index is -4.30. The molecule has 0 aromatic carbocycles. The fraction of sp³-hybridized carbons (Fsp3) is 0.556. The second kappa shape index (κ2) is 6.18. The van der Waals surface area contributed by atoms with Gasteiger partial charge in [0, 0.05) is 23.8 Å². The maximum atomic E-state index is 11.8. The Labute approximate surface area is 119 Å². The third-order valence-corrected chi connectivity index (χ3v) is 3.87. The molecular weight excluding hydrogens is 312 g/mol. The first-order valence-corrected chi connectivity index (χ1v) is 7.95. The van der Waals surface area contributed by atoms with Gasteiger partial charge in [0.2, 0.25) is 10.8 Å². The van der Waals surface area contributed by atoms with E-state index in [-0.39, 0.29) is 12.5 Å². The molecule has 0 bridgehead atoms. The molecule has 0 radical (unpaired) electrons. The van der Waals surface area contributed by atoms with E-state index in [0.29, 0.717) is 13.1 Å². The van der Waals surface area contributed by atoms with Gasteiger partial charge in [-0.1, -0.05) is 0 Å². The number of carbonyl (C=O) groups excluding carboxylic acids is 1. The van der Waals surface area contributed by atoms with Crippen molar-refractivity contribution in [2.24, 2.45) is 0 Å². The van der Waals surface area contributed by atoms with Crippen LogP contribution in [-0.4, -0.2) is 47.0 Å². The van der Waals surface area contributed by atoms with E-state index >= 15 is 0 Å². The molecule has 1 rings (SSSR count). The molecule has 11 heteroatoms. The molecule has 112 valence electrons. The van der Waals surface area contributed by atoms with Crippen LogP contribution in [0, 0.1) is 10.1 Å². The van der Waals surface area contributed by atoms with E-state index in [2.05, 4.69) is 5.10 Å². The van der Waals surface area contributed by atoms with Crippen LogP contribution in [0.15, 0.2) is 11.1 Å². The Hall–Kier alpha value is -1.68. The van der Waals surface area contributed by atoms with E-state index in [0.717, 1.165) is 10.9 Å². The zero-order valence-electron chi connectivity index (χ0n) is 10.8. The van der Waals surface area contributed by atoms with Gasteiger partial charge in [-0.25, -0.2) is 8.42 Å². The molecule has 0 N–H and O–H groups in total. The number of hydrogen-bond donors (Lipinski definition) is 0. The van der Waals surface area contributed by atoms with Gasteiger partial charge in [0.15, 0.2) is 0 Å². The molecule has 0 unspecified atom stereocenters. The summed E-state index contributed by atoms with van der Waals surface area (Å²) in [6.07, 6.45) is 0.877. The van der Waals surface area contributed by atoms with Gasteiger partial charge in [-0.15, -0.1) is 0 Å². The predicted molar refractivity (Wildman–Crippen MR) is 69.8 cm³/mol. The van der Waals surface area contributed by atoms with Crippen molar-refractivity contribution in [3.63, 3.8) is 0 Å². The highest BCUT2D eigenvalue weighted by Crippen LogP contribution is 2.24. The van der Waals surface area contributed by atoms with Crippen molar-refractivity contribution in [3.05, 3.63) is 16.3 Å². The second-order valence-electron chi connectivity index (χ2n) is 3.78. The normalized spacial score (nSPS) is 11.3. The fourth-order valence-corrected chi connectivity index (χ4v) is 2.49. The minimum absolute atomic E-state index is 0.297. The van der Waals surface area contributed by atoms with E-state index in [1.807, 2.05) is 0 Å². The summed E-state index contributed by atoms with van der Waals surface area (Å²) in [6, 6.07) is 0. The first-order valence-electron chi connectivity index (χ1n) is 5.65. The average molecular weight is 325 g/mol. The molecule has 0 aliphatic heterocycles. The van der Waals surface area contributed by atoms with Crippen LogP contribution in [0.5, 0.6) is 0 Å². The standard InChI is InChI=1S/C9H13ClN4O5S/c1-3-12(4-2)8(15)6-13-5-7(20(10,18)19)9(11-13)14(16)17/h5H,3-4,6H2,1-2H3. The lowest BCUT2D eigenvalue weighted by atomic mass is 10.4. The van der Waals surface area contributed by atoms with Crippen molar-refractivity contribution in [1.29, 1.82) is 0 Å². The Bertz CT molecular complexity index is 622. The van der Waals surface area contributed by atoms with Crippen molar-refractivity contribution in [3.8, 4) is 0 Å². The number of nitro groups is 1. The van der Waals surface area contributed by atoms with Gasteiger partial charge in [0.05, 0.1) is 11.3 Å². The summed E-state index contributed by atoms with van der Waals surface area (Å²) in [5.74, 6) is -1.22. The summed E-state index contributed by atoms with van der Waals surface area (Å²) < 4.78 is 23.3. The van der Waals surface area contributed by atoms with Crippen molar-refractivity contribution in [2.75, 3.05) is 13.1 Å². The molecule has 0 saturated heterocycles. The lowest BCUT2D eigenvalue weighted by molar-refractivity contribution is -0.392. The molecule has 0 aliphatic carbocycles. The van der Waals surface area contributed by atoms with Crippen LogP contribution in [-0.2, 0) is 20.4 Å². The van der Waals surface area contributed by atoms with E-state index in [1.54, 1.807) is 13.8 Å². The van der Waals surface area contributed by atoms with Gasteiger partial charge in [-0.2, -0.15) is 4.68 Å². The number of hydrogen-bond acceptors (Lipinski definition) is 6. The van der Waals surface area contributed by atoms with Crippen LogP contribution in [0.1, 0.15) is 13.8 Å². The number of halogens is 1. The quantitative estimate of drug-likeness (QED) is 0.429. The third kappa shape index (κ3) is 3.67. The van der Waals surface area contributed by atoms with E-state index in [4.69, 9.17) is 10.7 Å². The molecule has 1 aromatic rings. The molecule has 0 spiro atoms. The number of rotatable bonds is 6. The number of aromatic nitrogens is 2. The highest BCUT2D eigenvalue weighted by atomic mass is 35.7. The van der Waals surface area contributed by atoms with Crippen molar-refractivity contribution in [1.82, 2.24) is 14.7 Å². The fourth-order valence-electron chi connectivity index (χ4n) is 1.59. The Morgan fingerprint density at radius 2 is 2.05 bits per heavy atom. The number of likely N-dealkylation sites (N-methyl/N-ethyl adjacent to an activating group) is 1. The van der Waals surface area contributed by atoms with Crippen LogP contribution in [0.4, 0.5) is 5.82 Å². The summed E-state index contributed by atoms with van der Waals surface area (Å²) >= 11 is 0. The lowest BCUT2D eigenvalue weighted by Gasteiger charge is -2.17. The number of carbonyl (C=O) groups is 1. The smallest absolute Gasteiger partial charge is 0.358 e. The zero-order valence-corrected chi connectivity index (χ0v) is 12.4. The monoisotopic (exact) mass is 324 g/mol. The maximum absolute atomic E-state index is 11.8. The van der Waals surface area contributed by atoms with Gasteiger partial charge in [0.25, 0.3) is 9.05 Å². The Balaban J connectivity index is 3.11. The van der Waals surface area contributed by atoms with Gasteiger partial charge < -0.3 is 15.0 Å². The molecule has 0 atom stereocenters. The Morgan fingerprint density at radius 1 is 1.50 bits per heavy atom. The number of amides is 1. The van der Waals surface area contributed by atoms with Gasteiger partial charge in [-0.05, 0) is 18.8 Å². The van der Waals surface area contributed by atoms with Crippen molar-refractivity contribution >= 4 is 31.5 Å². The first-order chi connectivity index (χ1) is 9.20. The van der Waals surface area contributed by atoms with Crippen molar-refractivity contribution < 1.29 is 18.1 Å². The van der Waals surface area contributed by atoms with Gasteiger partial charge in [-0.3, -0.25) is 4.79 Å². The molecule has 20 heavy (non-hydrogen) atoms. The summed E-state index contributed by atoms with van der Waals surface area (Å²) in [4.78, 5) is 22.4. The minimum Gasteiger partial charge on any atom is -0.358 e. The third-order valence-electron chi connectivity index (χ3n) is 2.56. The highest BCUT2D eigenvalue weighted by Gasteiger charge is 2.30. The number of nitrogens with zero attached hydrogens (tertiary/aromatic N) is 4. The van der Waals surface area contributed by atoms with Crippen LogP contribution in [0.25, 0.3) is 0 Å². The van der Waals surface area contributed by atoms with Crippen LogP contribution < -0.4 is 0 Å². The topological polar surface area (TPSA) is 115 Å². The molecule has 1 heterocycles. The molecule has 9 nitrogen and oxygen atoms in total. The molecule has 0 fully saturated rings. The SMILES string of the molecule is CCN(CC)C(=O)Cn1cc(S(=O)(=O)Cl)c([N+](=O)[O-])n1. The first kappa shape index (κ1) is 16.4. The summed E-state index contributed by atoms with van der Waals surface area (Å²) in [7, 11) is 0.791. The molecule has 0 aliphatic rings.